The number of hydrogen-bond acceptors (Lipinski definition) is 1. The molecule has 5 rings (SSSR count). The highest BCUT2D eigenvalue weighted by Crippen LogP contribution is 2.59. The van der Waals surface area contributed by atoms with E-state index >= 15 is 0 Å². The number of hydrogen-bond donors (Lipinski definition) is 1. The number of nitrogens with zero attached hydrogens (tertiary/aromatic N) is 1. The third kappa shape index (κ3) is 1.45. The fraction of sp³-hybridized carbons (Fsp3) is 0.438. The average Bonchev–Trinajstić information content (AvgIpc) is 2.66. The maximum absolute atomic E-state index is 4.96. The molecule has 2 aromatic rings. The van der Waals surface area contributed by atoms with Gasteiger partial charge in [-0.1, -0.05) is 18.2 Å². The number of rotatable bonds is 3. The van der Waals surface area contributed by atoms with Crippen LogP contribution in [0.3, 0.4) is 0 Å². The lowest BCUT2D eigenvalue weighted by Crippen LogP contribution is -2.57. The van der Waals surface area contributed by atoms with Gasteiger partial charge in [-0.05, 0) is 43.7 Å². The standard InChI is InChI=1S/C16H18N2/c1-11(18-16-7-12(8-16)9-16)6-13-10-17-15-5-3-2-4-14(13)15/h2-5,10,12,17H,6-9H2,1H3/b18-11+. The molecule has 0 aliphatic heterocycles. The summed E-state index contributed by atoms with van der Waals surface area (Å²) in [5.74, 6) is 1.01. The van der Waals surface area contributed by atoms with Crippen LogP contribution in [0.25, 0.3) is 10.9 Å². The predicted octanol–water partition coefficient (Wildman–Crippen LogP) is 3.72. The molecule has 0 atom stereocenters. The molecular formula is C16H18N2. The Labute approximate surface area is 107 Å². The summed E-state index contributed by atoms with van der Waals surface area (Å²) >= 11 is 0. The van der Waals surface area contributed by atoms with Crippen LogP contribution in [0.5, 0.6) is 0 Å². The van der Waals surface area contributed by atoms with Gasteiger partial charge in [0.1, 0.15) is 0 Å². The molecule has 18 heavy (non-hydrogen) atoms. The Bertz CT molecular complexity index is 618. The zero-order chi connectivity index (χ0) is 12.2. The Morgan fingerprint density at radius 2 is 2.11 bits per heavy atom. The largest absolute Gasteiger partial charge is 0.361 e. The van der Waals surface area contributed by atoms with Gasteiger partial charge in [0.05, 0.1) is 5.54 Å². The van der Waals surface area contributed by atoms with E-state index in [4.69, 9.17) is 4.99 Å². The second-order valence-electron chi connectivity index (χ2n) is 6.09. The van der Waals surface area contributed by atoms with E-state index in [-0.39, 0.29) is 0 Å². The summed E-state index contributed by atoms with van der Waals surface area (Å²) < 4.78 is 0. The van der Waals surface area contributed by atoms with Crippen molar-refractivity contribution >= 4 is 16.6 Å². The van der Waals surface area contributed by atoms with Crippen molar-refractivity contribution in [2.75, 3.05) is 0 Å². The Morgan fingerprint density at radius 3 is 2.83 bits per heavy atom. The summed E-state index contributed by atoms with van der Waals surface area (Å²) in [7, 11) is 0. The quantitative estimate of drug-likeness (QED) is 0.789. The maximum Gasteiger partial charge on any atom is 0.0615 e. The summed E-state index contributed by atoms with van der Waals surface area (Å²) in [5, 5.41) is 1.34. The lowest BCUT2D eigenvalue weighted by atomic mass is 9.50. The van der Waals surface area contributed by atoms with E-state index in [1.165, 1.54) is 41.4 Å². The molecule has 1 aromatic carbocycles. The van der Waals surface area contributed by atoms with Crippen LogP contribution in [0.4, 0.5) is 0 Å². The Morgan fingerprint density at radius 1 is 1.33 bits per heavy atom. The van der Waals surface area contributed by atoms with E-state index in [9.17, 15) is 0 Å². The molecule has 0 saturated heterocycles. The Kier molecular flexibility index (Phi) is 2.00. The first-order chi connectivity index (χ1) is 8.74. The van der Waals surface area contributed by atoms with E-state index in [0.29, 0.717) is 5.54 Å². The SMILES string of the molecule is C/C(Cc1c[nH]c2ccccc12)=N\C12CC(C1)C2. The molecule has 0 spiro atoms. The topological polar surface area (TPSA) is 28.1 Å². The molecule has 3 aliphatic rings. The summed E-state index contributed by atoms with van der Waals surface area (Å²) in [6, 6.07) is 8.50. The number of H-pyrrole nitrogens is 1. The van der Waals surface area contributed by atoms with Gasteiger partial charge in [0.15, 0.2) is 0 Å². The maximum atomic E-state index is 4.96. The van der Waals surface area contributed by atoms with E-state index in [1.807, 2.05) is 0 Å². The van der Waals surface area contributed by atoms with E-state index < -0.39 is 0 Å². The number of aromatic amines is 1. The van der Waals surface area contributed by atoms with Crippen LogP contribution >= 0.6 is 0 Å². The highest BCUT2D eigenvalue weighted by molar-refractivity contribution is 5.91. The molecule has 1 aromatic heterocycles. The molecule has 2 bridgehead atoms. The monoisotopic (exact) mass is 238 g/mol. The van der Waals surface area contributed by atoms with Crippen molar-refractivity contribution in [3.05, 3.63) is 36.0 Å². The third-order valence-corrected chi connectivity index (χ3v) is 4.56. The minimum absolute atomic E-state index is 0.376. The van der Waals surface area contributed by atoms with E-state index in [1.54, 1.807) is 0 Å². The predicted molar refractivity (Wildman–Crippen MR) is 75.2 cm³/mol. The van der Waals surface area contributed by atoms with Crippen molar-refractivity contribution < 1.29 is 0 Å². The first-order valence-electron chi connectivity index (χ1n) is 6.84. The van der Waals surface area contributed by atoms with Gasteiger partial charge in [0, 0.05) is 29.2 Å². The van der Waals surface area contributed by atoms with Crippen molar-refractivity contribution in [2.45, 2.75) is 38.1 Å². The molecule has 1 N–H and O–H groups in total. The lowest BCUT2D eigenvalue weighted by Gasteiger charge is -2.59. The molecule has 92 valence electrons. The Hall–Kier alpha value is -1.57. The fourth-order valence-electron chi connectivity index (χ4n) is 3.57. The second kappa shape index (κ2) is 3.47. The normalized spacial score (nSPS) is 30.1. The number of aromatic nitrogens is 1. The number of nitrogens with one attached hydrogen (secondary N) is 1. The molecule has 0 radical (unpaired) electrons. The van der Waals surface area contributed by atoms with Crippen molar-refractivity contribution in [3.8, 4) is 0 Å². The number of para-hydroxylation sites is 1. The number of fused-ring (bicyclic) bond motifs is 1. The molecule has 2 nitrogen and oxygen atoms in total. The molecular weight excluding hydrogens is 220 g/mol. The summed E-state index contributed by atoms with van der Waals surface area (Å²) in [6.45, 7) is 2.18. The minimum Gasteiger partial charge on any atom is -0.361 e. The van der Waals surface area contributed by atoms with Gasteiger partial charge >= 0.3 is 0 Å². The highest BCUT2D eigenvalue weighted by Gasteiger charge is 2.56. The van der Waals surface area contributed by atoms with Gasteiger partial charge in [-0.15, -0.1) is 0 Å². The number of benzene rings is 1. The van der Waals surface area contributed by atoms with Crippen molar-refractivity contribution in [1.29, 1.82) is 0 Å². The summed E-state index contributed by atoms with van der Waals surface area (Å²) in [5.41, 5.74) is 4.27. The van der Waals surface area contributed by atoms with Gasteiger partial charge in [-0.2, -0.15) is 0 Å². The molecule has 3 fully saturated rings. The van der Waals surface area contributed by atoms with Gasteiger partial charge < -0.3 is 4.98 Å². The van der Waals surface area contributed by atoms with Crippen LogP contribution in [0.2, 0.25) is 0 Å². The Balaban J connectivity index is 1.60. The van der Waals surface area contributed by atoms with Crippen LogP contribution in [-0.2, 0) is 6.42 Å². The highest BCUT2D eigenvalue weighted by atomic mass is 15.0. The first-order valence-corrected chi connectivity index (χ1v) is 6.84. The van der Waals surface area contributed by atoms with Gasteiger partial charge in [0.25, 0.3) is 0 Å². The van der Waals surface area contributed by atoms with Crippen LogP contribution < -0.4 is 0 Å². The molecule has 3 aliphatic carbocycles. The van der Waals surface area contributed by atoms with Crippen LogP contribution in [0, 0.1) is 5.92 Å². The van der Waals surface area contributed by atoms with Gasteiger partial charge in [-0.25, -0.2) is 0 Å². The van der Waals surface area contributed by atoms with Gasteiger partial charge in [-0.3, -0.25) is 4.99 Å². The molecule has 0 unspecified atom stereocenters. The van der Waals surface area contributed by atoms with Gasteiger partial charge in [0.2, 0.25) is 0 Å². The smallest absolute Gasteiger partial charge is 0.0615 e. The zero-order valence-electron chi connectivity index (χ0n) is 10.7. The van der Waals surface area contributed by atoms with Crippen molar-refractivity contribution in [2.24, 2.45) is 10.9 Å². The second-order valence-corrected chi connectivity index (χ2v) is 6.09. The molecule has 3 saturated carbocycles. The summed E-state index contributed by atoms with van der Waals surface area (Å²) in [4.78, 5) is 8.30. The lowest BCUT2D eigenvalue weighted by molar-refractivity contribution is -0.0147. The van der Waals surface area contributed by atoms with Crippen LogP contribution in [-0.4, -0.2) is 16.2 Å². The fourth-order valence-corrected chi connectivity index (χ4v) is 3.57. The molecule has 0 amide bonds. The minimum atomic E-state index is 0.376. The third-order valence-electron chi connectivity index (χ3n) is 4.56. The molecule has 1 heterocycles. The van der Waals surface area contributed by atoms with Crippen LogP contribution in [0.15, 0.2) is 35.5 Å². The number of aliphatic imine (C=N–C) groups is 1. The molecule has 2 heteroatoms. The average molecular weight is 238 g/mol. The van der Waals surface area contributed by atoms with E-state index in [0.717, 1.165) is 12.3 Å². The van der Waals surface area contributed by atoms with Crippen molar-refractivity contribution in [3.63, 3.8) is 0 Å². The first kappa shape index (κ1) is 10.4. The van der Waals surface area contributed by atoms with E-state index in [2.05, 4.69) is 42.4 Å². The van der Waals surface area contributed by atoms with Crippen LogP contribution in [0.1, 0.15) is 31.7 Å². The van der Waals surface area contributed by atoms with Crippen molar-refractivity contribution in [1.82, 2.24) is 4.98 Å². The summed E-state index contributed by atoms with van der Waals surface area (Å²) in [6.07, 6.45) is 7.15. The zero-order valence-corrected chi connectivity index (χ0v) is 10.7.